The number of nitrogens with two attached hydrogens (primary N) is 1. The zero-order chi connectivity index (χ0) is 23.5. The molecule has 12 heteroatoms. The van der Waals surface area contributed by atoms with Crippen LogP contribution in [0.1, 0.15) is 41.5 Å². The summed E-state index contributed by atoms with van der Waals surface area (Å²) in [5, 5.41) is 8.41. The number of ether oxygens (including phenoxy) is 4. The lowest BCUT2D eigenvalue weighted by Crippen LogP contribution is -2.34. The van der Waals surface area contributed by atoms with Gasteiger partial charge in [0.05, 0.1) is 26.4 Å². The summed E-state index contributed by atoms with van der Waals surface area (Å²) >= 11 is 0. The Morgan fingerprint density at radius 3 is 1.67 bits per heavy atom. The van der Waals surface area contributed by atoms with Gasteiger partial charge in [0.2, 0.25) is 0 Å². The largest absolute Gasteiger partial charge is 0.444 e. The smallest absolute Gasteiger partial charge is 0.407 e. The van der Waals surface area contributed by atoms with Gasteiger partial charge in [-0.1, -0.05) is 5.11 Å². The zero-order valence-corrected chi connectivity index (χ0v) is 19.0. The third kappa shape index (κ3) is 27.9. The van der Waals surface area contributed by atoms with Crippen molar-refractivity contribution in [3.05, 3.63) is 10.4 Å². The average molecular weight is 435 g/mol. The minimum absolute atomic E-state index is 0.295. The number of nitrogens with zero attached hydrogens (tertiary/aromatic N) is 3. The minimum Gasteiger partial charge on any atom is -0.444 e. The SMILES string of the molecule is CC(C)(C)OC(=O)NCCOCCN.CC(C)(C)OC(=O)NCCOCCN=[N+]=[N-]. The van der Waals surface area contributed by atoms with E-state index in [1.165, 1.54) is 0 Å². The number of rotatable bonds is 11. The number of carbonyl (C=O) groups is 2. The molecule has 2 amide bonds. The first-order chi connectivity index (χ1) is 13.9. The van der Waals surface area contributed by atoms with Gasteiger partial charge in [-0.2, -0.15) is 0 Å². The second-order valence-corrected chi connectivity index (χ2v) is 7.83. The molecule has 30 heavy (non-hydrogen) atoms. The van der Waals surface area contributed by atoms with E-state index in [1.54, 1.807) is 20.8 Å². The van der Waals surface area contributed by atoms with Crippen LogP contribution in [-0.2, 0) is 18.9 Å². The van der Waals surface area contributed by atoms with Crippen molar-refractivity contribution in [2.24, 2.45) is 10.8 Å². The highest BCUT2D eigenvalue weighted by molar-refractivity contribution is 5.67. The Labute approximate surface area is 178 Å². The molecule has 0 saturated carbocycles. The van der Waals surface area contributed by atoms with Crippen molar-refractivity contribution in [3.8, 4) is 0 Å². The molecule has 0 rings (SSSR count). The molecule has 0 aromatic rings. The summed E-state index contributed by atoms with van der Waals surface area (Å²) in [5.41, 5.74) is 12.2. The quantitative estimate of drug-likeness (QED) is 0.194. The number of nitrogens with one attached hydrogen (secondary N) is 2. The van der Waals surface area contributed by atoms with Crippen molar-refractivity contribution in [1.82, 2.24) is 10.6 Å². The molecule has 0 saturated heterocycles. The molecule has 0 heterocycles. The van der Waals surface area contributed by atoms with Crippen LogP contribution < -0.4 is 16.4 Å². The average Bonchev–Trinajstić information content (AvgIpc) is 2.58. The zero-order valence-electron chi connectivity index (χ0n) is 19.0. The van der Waals surface area contributed by atoms with Gasteiger partial charge in [-0.15, -0.1) is 0 Å². The summed E-state index contributed by atoms with van der Waals surface area (Å²) in [7, 11) is 0. The van der Waals surface area contributed by atoms with Gasteiger partial charge in [-0.25, -0.2) is 9.59 Å². The highest BCUT2D eigenvalue weighted by Gasteiger charge is 2.16. The van der Waals surface area contributed by atoms with Gasteiger partial charge in [-0.3, -0.25) is 0 Å². The Balaban J connectivity index is 0. The van der Waals surface area contributed by atoms with Crippen LogP contribution in [0.5, 0.6) is 0 Å². The van der Waals surface area contributed by atoms with E-state index in [-0.39, 0.29) is 0 Å². The Morgan fingerprint density at radius 2 is 1.30 bits per heavy atom. The topological polar surface area (TPSA) is 170 Å². The summed E-state index contributed by atoms with van der Waals surface area (Å²) in [5.74, 6) is 0. The standard InChI is InChI=1S/C9H18N4O3.C9H20N2O3/c1-9(2,3)16-8(14)11-4-6-15-7-5-12-13-10;1-9(2,3)14-8(12)11-5-7-13-6-4-10/h4-7H2,1-3H3,(H,11,14);4-7,10H2,1-3H3,(H,11,12). The van der Waals surface area contributed by atoms with Crippen molar-refractivity contribution in [3.63, 3.8) is 0 Å². The molecule has 0 aromatic carbocycles. The van der Waals surface area contributed by atoms with E-state index in [0.717, 1.165) is 0 Å². The molecule has 0 atom stereocenters. The van der Waals surface area contributed by atoms with Crippen LogP contribution in [0.2, 0.25) is 0 Å². The molecule has 176 valence electrons. The van der Waals surface area contributed by atoms with E-state index in [9.17, 15) is 9.59 Å². The molecular weight excluding hydrogens is 396 g/mol. The van der Waals surface area contributed by atoms with Crippen molar-refractivity contribution in [2.45, 2.75) is 52.7 Å². The van der Waals surface area contributed by atoms with Gasteiger partial charge < -0.3 is 35.3 Å². The predicted molar refractivity (Wildman–Crippen MR) is 113 cm³/mol. The molecule has 0 radical (unpaired) electrons. The maximum atomic E-state index is 11.1. The van der Waals surface area contributed by atoms with Gasteiger partial charge in [-0.05, 0) is 47.1 Å². The highest BCUT2D eigenvalue weighted by Crippen LogP contribution is 2.06. The van der Waals surface area contributed by atoms with Crippen LogP contribution in [0.15, 0.2) is 5.11 Å². The lowest BCUT2D eigenvalue weighted by atomic mass is 10.2. The summed E-state index contributed by atoms with van der Waals surface area (Å²) in [6, 6.07) is 0. The van der Waals surface area contributed by atoms with Crippen LogP contribution >= 0.6 is 0 Å². The predicted octanol–water partition coefficient (Wildman–Crippen LogP) is 2.32. The number of hydrogen-bond donors (Lipinski definition) is 3. The Morgan fingerprint density at radius 1 is 0.867 bits per heavy atom. The third-order valence-electron chi connectivity index (χ3n) is 2.49. The fraction of sp³-hybridized carbons (Fsp3) is 0.889. The number of azide groups is 1. The molecule has 0 spiro atoms. The van der Waals surface area contributed by atoms with E-state index < -0.39 is 23.4 Å². The first kappa shape index (κ1) is 29.9. The van der Waals surface area contributed by atoms with E-state index in [4.69, 9.17) is 30.2 Å². The van der Waals surface area contributed by atoms with Gasteiger partial charge in [0.1, 0.15) is 11.2 Å². The molecule has 0 fully saturated rings. The third-order valence-corrected chi connectivity index (χ3v) is 2.49. The maximum absolute atomic E-state index is 11.1. The molecule has 0 aliphatic heterocycles. The van der Waals surface area contributed by atoms with Crippen LogP contribution in [0.25, 0.3) is 10.4 Å². The number of amides is 2. The number of carbonyl (C=O) groups excluding carboxylic acids is 2. The molecule has 4 N–H and O–H groups in total. The number of hydrogen-bond acceptors (Lipinski definition) is 8. The lowest BCUT2D eigenvalue weighted by molar-refractivity contribution is 0.0491. The molecule has 0 aliphatic rings. The number of alkyl carbamates (subject to hydrolysis) is 2. The van der Waals surface area contributed by atoms with Crippen LogP contribution in [0.3, 0.4) is 0 Å². The van der Waals surface area contributed by atoms with Crippen LogP contribution in [0, 0.1) is 0 Å². The second-order valence-electron chi connectivity index (χ2n) is 7.83. The van der Waals surface area contributed by atoms with Crippen LogP contribution in [-0.4, -0.2) is 76.0 Å². The fourth-order valence-corrected chi connectivity index (χ4v) is 1.52. The molecule has 0 aliphatic carbocycles. The van der Waals surface area contributed by atoms with E-state index in [2.05, 4.69) is 20.7 Å². The van der Waals surface area contributed by atoms with Gasteiger partial charge in [0.15, 0.2) is 0 Å². The van der Waals surface area contributed by atoms with Crippen molar-refractivity contribution >= 4 is 12.2 Å². The summed E-state index contributed by atoms with van der Waals surface area (Å²) in [4.78, 5) is 24.8. The minimum atomic E-state index is -0.494. The monoisotopic (exact) mass is 434 g/mol. The van der Waals surface area contributed by atoms with Crippen molar-refractivity contribution in [1.29, 1.82) is 0 Å². The van der Waals surface area contributed by atoms with Gasteiger partial charge >= 0.3 is 12.2 Å². The Kier molecular flexibility index (Phi) is 17.5. The van der Waals surface area contributed by atoms with Gasteiger partial charge in [0.25, 0.3) is 0 Å². The Hall–Kier alpha value is -2.27. The summed E-state index contributed by atoms with van der Waals surface area (Å²) in [6.45, 7) is 14.1. The van der Waals surface area contributed by atoms with Crippen LogP contribution in [0.4, 0.5) is 9.59 Å². The van der Waals surface area contributed by atoms with E-state index in [1.807, 2.05) is 20.8 Å². The van der Waals surface area contributed by atoms with Crippen molar-refractivity contribution in [2.75, 3.05) is 52.6 Å². The molecule has 12 nitrogen and oxygen atoms in total. The molecule has 0 unspecified atom stereocenters. The fourth-order valence-electron chi connectivity index (χ4n) is 1.52. The summed E-state index contributed by atoms with van der Waals surface area (Å²) in [6.07, 6.45) is -0.889. The Bertz CT molecular complexity index is 512. The first-order valence-electron chi connectivity index (χ1n) is 9.71. The second kappa shape index (κ2) is 17.6. The maximum Gasteiger partial charge on any atom is 0.407 e. The van der Waals surface area contributed by atoms with E-state index in [0.29, 0.717) is 52.6 Å². The normalized spacial score (nSPS) is 10.8. The molecular formula is C18H38N6O6. The molecule has 0 bridgehead atoms. The molecule has 0 aromatic heterocycles. The lowest BCUT2D eigenvalue weighted by Gasteiger charge is -2.19. The summed E-state index contributed by atoms with van der Waals surface area (Å²) < 4.78 is 20.2. The highest BCUT2D eigenvalue weighted by atomic mass is 16.6. The van der Waals surface area contributed by atoms with E-state index >= 15 is 0 Å². The van der Waals surface area contributed by atoms with Gasteiger partial charge in [0, 0.05) is 31.1 Å². The van der Waals surface area contributed by atoms with Crippen molar-refractivity contribution < 1.29 is 28.5 Å². The first-order valence-corrected chi connectivity index (χ1v) is 9.71.